The van der Waals surface area contributed by atoms with Crippen molar-refractivity contribution in [3.63, 3.8) is 0 Å². The Hall–Kier alpha value is -3.55. The molecule has 2 aromatic rings. The lowest BCUT2D eigenvalue weighted by Crippen LogP contribution is -2.01. The zero-order valence-corrected chi connectivity index (χ0v) is 13.4. The van der Waals surface area contributed by atoms with Gasteiger partial charge in [0.1, 0.15) is 0 Å². The van der Waals surface area contributed by atoms with Crippen molar-refractivity contribution in [3.05, 3.63) is 57.6 Å². The molecule has 0 heterocycles. The molecule has 2 N–H and O–H groups in total. The number of nitro benzene ring substituents is 1. The monoisotopic (exact) mass is 345 g/mol. The van der Waals surface area contributed by atoms with E-state index in [-0.39, 0.29) is 11.1 Å². The number of benzene rings is 2. The van der Waals surface area contributed by atoms with Crippen LogP contribution in [-0.2, 0) is 4.79 Å². The van der Waals surface area contributed by atoms with E-state index in [4.69, 9.17) is 9.47 Å². The zero-order chi connectivity index (χ0) is 18.6. The quantitative estimate of drug-likeness (QED) is 0.357. The smallest absolute Gasteiger partial charge is 0.336 e. The Balaban J connectivity index is 2.55. The summed E-state index contributed by atoms with van der Waals surface area (Å²) in [5.74, 6) is -0.923. The molecule has 0 saturated carbocycles. The van der Waals surface area contributed by atoms with Crippen LogP contribution in [0, 0.1) is 10.1 Å². The van der Waals surface area contributed by atoms with E-state index in [1.807, 2.05) is 0 Å². The number of ether oxygens (including phenoxy) is 2. The molecule has 0 spiro atoms. The first-order chi connectivity index (χ1) is 11.9. The van der Waals surface area contributed by atoms with Crippen LogP contribution in [0.25, 0.3) is 11.6 Å². The lowest BCUT2D eigenvalue weighted by molar-refractivity contribution is -0.385. The predicted molar refractivity (Wildman–Crippen MR) is 89.8 cm³/mol. The Morgan fingerprint density at radius 3 is 2.36 bits per heavy atom. The first kappa shape index (κ1) is 17.8. The lowest BCUT2D eigenvalue weighted by Gasteiger charge is -2.10. The van der Waals surface area contributed by atoms with Gasteiger partial charge in [0.15, 0.2) is 17.2 Å². The van der Waals surface area contributed by atoms with Crippen LogP contribution < -0.4 is 9.47 Å². The van der Waals surface area contributed by atoms with Crippen molar-refractivity contribution >= 4 is 23.3 Å². The first-order valence-electron chi connectivity index (χ1n) is 7.02. The Bertz CT molecular complexity index is 858. The summed E-state index contributed by atoms with van der Waals surface area (Å²) in [5, 5.41) is 29.9. The molecule has 130 valence electrons. The third-order valence-electron chi connectivity index (χ3n) is 3.43. The summed E-state index contributed by atoms with van der Waals surface area (Å²) >= 11 is 0. The van der Waals surface area contributed by atoms with Crippen LogP contribution in [0.4, 0.5) is 5.69 Å². The number of nitrogens with zero attached hydrogens (tertiary/aromatic N) is 1. The number of hydrogen-bond donors (Lipinski definition) is 2. The van der Waals surface area contributed by atoms with Gasteiger partial charge in [-0.25, -0.2) is 4.79 Å². The second-order valence-electron chi connectivity index (χ2n) is 4.94. The number of carboxylic acids is 1. The Morgan fingerprint density at radius 1 is 1.12 bits per heavy atom. The van der Waals surface area contributed by atoms with Gasteiger partial charge in [0.2, 0.25) is 0 Å². The van der Waals surface area contributed by atoms with Crippen molar-refractivity contribution in [3.8, 4) is 17.2 Å². The number of phenols is 1. The van der Waals surface area contributed by atoms with Gasteiger partial charge < -0.3 is 19.7 Å². The van der Waals surface area contributed by atoms with E-state index in [1.165, 1.54) is 38.5 Å². The molecule has 0 saturated heterocycles. The summed E-state index contributed by atoms with van der Waals surface area (Å²) in [7, 11) is 2.89. The van der Waals surface area contributed by atoms with Crippen molar-refractivity contribution in [2.24, 2.45) is 0 Å². The van der Waals surface area contributed by atoms with Crippen LogP contribution in [0.2, 0.25) is 0 Å². The fourth-order valence-corrected chi connectivity index (χ4v) is 2.22. The molecule has 0 fully saturated rings. The van der Waals surface area contributed by atoms with E-state index in [0.717, 1.165) is 12.1 Å². The number of hydrogen-bond acceptors (Lipinski definition) is 6. The molecular formula is C17H15NO7. The minimum Gasteiger partial charge on any atom is -0.502 e. The van der Waals surface area contributed by atoms with Crippen molar-refractivity contribution in [2.75, 3.05) is 14.2 Å². The van der Waals surface area contributed by atoms with Crippen LogP contribution >= 0.6 is 0 Å². The van der Waals surface area contributed by atoms with Crippen LogP contribution in [-0.4, -0.2) is 35.3 Å². The van der Waals surface area contributed by atoms with Gasteiger partial charge in [0, 0.05) is 6.07 Å². The highest BCUT2D eigenvalue weighted by atomic mass is 16.6. The van der Waals surface area contributed by atoms with Gasteiger partial charge in [-0.2, -0.15) is 0 Å². The molecule has 25 heavy (non-hydrogen) atoms. The molecule has 0 radical (unpaired) electrons. The maximum atomic E-state index is 11.6. The summed E-state index contributed by atoms with van der Waals surface area (Å²) in [6.45, 7) is 0. The Kier molecular flexibility index (Phi) is 5.23. The minimum atomic E-state index is -1.22. The topological polar surface area (TPSA) is 119 Å². The molecule has 0 aromatic heterocycles. The molecule has 2 aromatic carbocycles. The average molecular weight is 345 g/mol. The molecule has 0 aliphatic rings. The van der Waals surface area contributed by atoms with E-state index in [1.54, 1.807) is 6.07 Å². The molecule has 0 atom stereocenters. The van der Waals surface area contributed by atoms with Gasteiger partial charge in [-0.15, -0.1) is 0 Å². The maximum Gasteiger partial charge on any atom is 0.336 e. The standard InChI is InChI=1S/C17H15NO7/c1-24-15-6-4-11(9-16(15)25-2)12(17(20)21)7-10-3-5-14(19)13(8-10)18(22)23/h3-9,19H,1-2H3,(H,20,21)/b12-7-. The van der Waals surface area contributed by atoms with Crippen LogP contribution in [0.5, 0.6) is 17.2 Å². The number of rotatable bonds is 6. The molecule has 8 nitrogen and oxygen atoms in total. The van der Waals surface area contributed by atoms with Crippen LogP contribution in [0.15, 0.2) is 36.4 Å². The van der Waals surface area contributed by atoms with Gasteiger partial charge in [0.05, 0.1) is 24.7 Å². The van der Waals surface area contributed by atoms with Crippen LogP contribution in [0.3, 0.4) is 0 Å². The van der Waals surface area contributed by atoms with Crippen LogP contribution in [0.1, 0.15) is 11.1 Å². The maximum absolute atomic E-state index is 11.6. The third kappa shape index (κ3) is 3.86. The molecule has 8 heteroatoms. The Morgan fingerprint density at radius 2 is 1.80 bits per heavy atom. The number of carboxylic acid groups (broad SMARTS) is 1. The first-order valence-corrected chi connectivity index (χ1v) is 7.02. The second-order valence-corrected chi connectivity index (χ2v) is 4.94. The van der Waals surface area contributed by atoms with Gasteiger partial charge >= 0.3 is 11.7 Å². The van der Waals surface area contributed by atoms with Gasteiger partial charge in [-0.1, -0.05) is 12.1 Å². The fraction of sp³-hybridized carbons (Fsp3) is 0.118. The van der Waals surface area contributed by atoms with Gasteiger partial charge in [-0.3, -0.25) is 10.1 Å². The molecule has 0 unspecified atom stereocenters. The van der Waals surface area contributed by atoms with E-state index < -0.39 is 22.3 Å². The van der Waals surface area contributed by atoms with Gasteiger partial charge in [-0.05, 0) is 35.4 Å². The molecule has 2 rings (SSSR count). The molecule has 0 amide bonds. The summed E-state index contributed by atoms with van der Waals surface area (Å²) in [4.78, 5) is 21.8. The predicted octanol–water partition coefficient (Wildman–Crippen LogP) is 2.94. The summed E-state index contributed by atoms with van der Waals surface area (Å²) < 4.78 is 10.3. The Labute approximate surface area is 142 Å². The van der Waals surface area contributed by atoms with E-state index >= 15 is 0 Å². The third-order valence-corrected chi connectivity index (χ3v) is 3.43. The zero-order valence-electron chi connectivity index (χ0n) is 13.4. The number of nitro groups is 1. The largest absolute Gasteiger partial charge is 0.502 e. The lowest BCUT2D eigenvalue weighted by atomic mass is 10.0. The van der Waals surface area contributed by atoms with Crippen molar-refractivity contribution in [1.82, 2.24) is 0 Å². The molecule has 0 aliphatic heterocycles. The number of aromatic hydroxyl groups is 1. The highest BCUT2D eigenvalue weighted by Gasteiger charge is 2.17. The summed E-state index contributed by atoms with van der Waals surface area (Å²) in [6.07, 6.45) is 1.27. The second kappa shape index (κ2) is 7.35. The molecule has 0 aliphatic carbocycles. The fourth-order valence-electron chi connectivity index (χ4n) is 2.22. The van der Waals surface area contributed by atoms with Crippen molar-refractivity contribution in [2.45, 2.75) is 0 Å². The van der Waals surface area contributed by atoms with Gasteiger partial charge in [0.25, 0.3) is 0 Å². The normalized spacial score (nSPS) is 11.0. The highest BCUT2D eigenvalue weighted by Crippen LogP contribution is 2.32. The summed E-state index contributed by atoms with van der Waals surface area (Å²) in [6, 6.07) is 8.21. The number of methoxy groups -OCH3 is 2. The summed E-state index contributed by atoms with van der Waals surface area (Å²) in [5.41, 5.74) is -0.00990. The number of aliphatic carboxylic acids is 1. The van der Waals surface area contributed by atoms with E-state index in [0.29, 0.717) is 17.1 Å². The molecular weight excluding hydrogens is 330 g/mol. The SMILES string of the molecule is COc1ccc(/C(=C/c2ccc(O)c([N+](=O)[O-])c2)C(=O)O)cc1OC. The minimum absolute atomic E-state index is 0.0964. The number of phenolic OH excluding ortho intramolecular Hbond substituents is 1. The number of carbonyl (C=O) groups is 1. The van der Waals surface area contributed by atoms with E-state index in [2.05, 4.69) is 0 Å². The highest BCUT2D eigenvalue weighted by molar-refractivity contribution is 6.20. The van der Waals surface area contributed by atoms with Crippen molar-refractivity contribution < 1.29 is 29.4 Å². The average Bonchev–Trinajstić information content (AvgIpc) is 2.59. The molecule has 0 bridgehead atoms. The van der Waals surface area contributed by atoms with Crippen molar-refractivity contribution in [1.29, 1.82) is 0 Å². The van der Waals surface area contributed by atoms with E-state index in [9.17, 15) is 25.1 Å².